The molecule has 0 radical (unpaired) electrons. The Morgan fingerprint density at radius 3 is 2.31 bits per heavy atom. The van der Waals surface area contributed by atoms with Gasteiger partial charge in [-0.25, -0.2) is 0 Å². The third kappa shape index (κ3) is 2.83. The van der Waals surface area contributed by atoms with E-state index in [4.69, 9.17) is 23.2 Å². The Kier molecular flexibility index (Phi) is 4.37. The van der Waals surface area contributed by atoms with E-state index in [1.165, 1.54) is 25.7 Å². The lowest BCUT2D eigenvalue weighted by Crippen LogP contribution is -2.24. The topological polar surface area (TPSA) is 3.24 Å². The molecule has 88 valence electrons. The predicted molar refractivity (Wildman–Crippen MR) is 71.7 cm³/mol. The van der Waals surface area contributed by atoms with Crippen molar-refractivity contribution in [2.24, 2.45) is 0 Å². The summed E-state index contributed by atoms with van der Waals surface area (Å²) in [5.41, 5.74) is 2.25. The number of anilines is 1. The van der Waals surface area contributed by atoms with Crippen molar-refractivity contribution in [3.63, 3.8) is 0 Å². The van der Waals surface area contributed by atoms with Gasteiger partial charge in [0.05, 0.1) is 10.7 Å². The van der Waals surface area contributed by atoms with E-state index in [-0.39, 0.29) is 0 Å². The number of rotatable bonds is 2. The highest BCUT2D eigenvalue weighted by atomic mass is 35.5. The van der Waals surface area contributed by atoms with Gasteiger partial charge >= 0.3 is 0 Å². The molecule has 1 aliphatic rings. The minimum absolute atomic E-state index is 0.528. The summed E-state index contributed by atoms with van der Waals surface area (Å²) in [6.07, 6.45) is 5.23. The Balaban J connectivity index is 2.18. The van der Waals surface area contributed by atoms with Crippen LogP contribution in [0, 0.1) is 0 Å². The highest BCUT2D eigenvalue weighted by Gasteiger charge is 2.12. The van der Waals surface area contributed by atoms with Crippen molar-refractivity contribution in [2.75, 3.05) is 18.0 Å². The lowest BCUT2D eigenvalue weighted by Gasteiger charge is -2.24. The van der Waals surface area contributed by atoms with Crippen LogP contribution >= 0.6 is 23.2 Å². The first kappa shape index (κ1) is 12.1. The van der Waals surface area contributed by atoms with Crippen LogP contribution in [0.4, 0.5) is 5.69 Å². The van der Waals surface area contributed by atoms with Gasteiger partial charge in [-0.3, -0.25) is 0 Å². The van der Waals surface area contributed by atoms with Gasteiger partial charge in [-0.1, -0.05) is 30.5 Å². The van der Waals surface area contributed by atoms with Crippen LogP contribution in [0.5, 0.6) is 0 Å². The Morgan fingerprint density at radius 1 is 1.06 bits per heavy atom. The minimum atomic E-state index is 0.528. The van der Waals surface area contributed by atoms with Crippen LogP contribution in [0.3, 0.4) is 0 Å². The van der Waals surface area contributed by atoms with Crippen molar-refractivity contribution >= 4 is 28.9 Å². The highest BCUT2D eigenvalue weighted by Crippen LogP contribution is 2.29. The number of nitrogens with zero attached hydrogens (tertiary/aromatic N) is 1. The molecule has 1 aromatic rings. The van der Waals surface area contributed by atoms with E-state index in [1.807, 2.05) is 6.07 Å². The van der Waals surface area contributed by atoms with E-state index in [0.717, 1.165) is 29.4 Å². The number of halogens is 2. The Labute approximate surface area is 107 Å². The molecule has 2 rings (SSSR count). The van der Waals surface area contributed by atoms with Crippen LogP contribution in [0.15, 0.2) is 18.2 Å². The van der Waals surface area contributed by atoms with Crippen molar-refractivity contribution in [3.05, 3.63) is 28.8 Å². The van der Waals surface area contributed by atoms with Crippen LogP contribution in [-0.4, -0.2) is 13.1 Å². The Morgan fingerprint density at radius 2 is 1.75 bits per heavy atom. The summed E-state index contributed by atoms with van der Waals surface area (Å²) in [5, 5.41) is 0.833. The van der Waals surface area contributed by atoms with E-state index < -0.39 is 0 Å². The summed E-state index contributed by atoms with van der Waals surface area (Å²) in [6.45, 7) is 2.25. The first-order valence-electron chi connectivity index (χ1n) is 5.90. The predicted octanol–water partition coefficient (Wildman–Crippen LogP) is 4.46. The average Bonchev–Trinajstić information content (AvgIpc) is 2.57. The lowest BCUT2D eigenvalue weighted by atomic mass is 10.2. The standard InChI is InChI=1S/C13H17Cl2N/c14-10-11-5-6-13(12(15)9-11)16-7-3-1-2-4-8-16/h5-6,9H,1-4,7-8,10H2. The van der Waals surface area contributed by atoms with Gasteiger partial charge in [-0.15, -0.1) is 11.6 Å². The molecule has 0 atom stereocenters. The molecule has 0 spiro atoms. The van der Waals surface area contributed by atoms with Crippen molar-refractivity contribution in [1.82, 2.24) is 0 Å². The first-order valence-corrected chi connectivity index (χ1v) is 6.82. The Bertz CT molecular complexity index is 344. The van der Waals surface area contributed by atoms with Crippen LogP contribution in [-0.2, 0) is 5.88 Å². The summed E-state index contributed by atoms with van der Waals surface area (Å²) >= 11 is 12.1. The van der Waals surface area contributed by atoms with Gasteiger partial charge < -0.3 is 4.90 Å². The van der Waals surface area contributed by atoms with E-state index >= 15 is 0 Å². The van der Waals surface area contributed by atoms with Gasteiger partial charge in [0.15, 0.2) is 0 Å². The molecule has 0 aliphatic carbocycles. The summed E-state index contributed by atoms with van der Waals surface area (Å²) in [4.78, 5) is 2.40. The molecule has 0 N–H and O–H groups in total. The maximum absolute atomic E-state index is 6.29. The smallest absolute Gasteiger partial charge is 0.0642 e. The zero-order valence-electron chi connectivity index (χ0n) is 9.38. The van der Waals surface area contributed by atoms with Gasteiger partial charge in [-0.2, -0.15) is 0 Å². The molecule has 1 fully saturated rings. The third-order valence-electron chi connectivity index (χ3n) is 3.11. The van der Waals surface area contributed by atoms with E-state index in [1.54, 1.807) is 0 Å². The fraction of sp³-hybridized carbons (Fsp3) is 0.538. The molecule has 1 aromatic carbocycles. The second-order valence-electron chi connectivity index (χ2n) is 4.32. The summed E-state index contributed by atoms with van der Waals surface area (Å²) in [6, 6.07) is 6.15. The molecule has 1 aliphatic heterocycles. The van der Waals surface area contributed by atoms with E-state index in [0.29, 0.717) is 5.88 Å². The monoisotopic (exact) mass is 257 g/mol. The molecule has 0 bridgehead atoms. The zero-order valence-corrected chi connectivity index (χ0v) is 10.9. The molecule has 16 heavy (non-hydrogen) atoms. The normalized spacial score (nSPS) is 17.2. The molecule has 0 aromatic heterocycles. The molecule has 0 unspecified atom stereocenters. The lowest BCUT2D eigenvalue weighted by molar-refractivity contribution is 0.726. The summed E-state index contributed by atoms with van der Waals surface area (Å²) < 4.78 is 0. The summed E-state index contributed by atoms with van der Waals surface area (Å²) in [7, 11) is 0. The number of alkyl halides is 1. The largest absolute Gasteiger partial charge is 0.370 e. The molecular weight excluding hydrogens is 241 g/mol. The Hall–Kier alpha value is -0.400. The SMILES string of the molecule is ClCc1ccc(N2CCCCCC2)c(Cl)c1. The van der Waals surface area contributed by atoms with Gasteiger partial charge in [0.2, 0.25) is 0 Å². The molecule has 0 saturated carbocycles. The fourth-order valence-corrected chi connectivity index (χ4v) is 2.69. The number of hydrogen-bond donors (Lipinski definition) is 0. The van der Waals surface area contributed by atoms with Gasteiger partial charge in [0.1, 0.15) is 0 Å². The quantitative estimate of drug-likeness (QED) is 0.708. The van der Waals surface area contributed by atoms with E-state index in [2.05, 4.69) is 17.0 Å². The van der Waals surface area contributed by atoms with Crippen LogP contribution in [0.1, 0.15) is 31.2 Å². The van der Waals surface area contributed by atoms with Gasteiger partial charge in [0, 0.05) is 19.0 Å². The summed E-state index contributed by atoms with van der Waals surface area (Å²) in [5.74, 6) is 0.528. The molecule has 1 nitrogen and oxygen atoms in total. The average molecular weight is 258 g/mol. The highest BCUT2D eigenvalue weighted by molar-refractivity contribution is 6.33. The van der Waals surface area contributed by atoms with E-state index in [9.17, 15) is 0 Å². The van der Waals surface area contributed by atoms with Crippen molar-refractivity contribution in [1.29, 1.82) is 0 Å². The zero-order chi connectivity index (χ0) is 11.4. The second-order valence-corrected chi connectivity index (χ2v) is 5.00. The number of hydrogen-bond acceptors (Lipinski definition) is 1. The van der Waals surface area contributed by atoms with Crippen molar-refractivity contribution in [2.45, 2.75) is 31.6 Å². The minimum Gasteiger partial charge on any atom is -0.370 e. The van der Waals surface area contributed by atoms with Gasteiger partial charge in [0.25, 0.3) is 0 Å². The molecular formula is C13H17Cl2N. The fourth-order valence-electron chi connectivity index (χ4n) is 2.20. The van der Waals surface area contributed by atoms with Crippen LogP contribution < -0.4 is 4.90 Å². The van der Waals surface area contributed by atoms with Gasteiger partial charge in [-0.05, 0) is 30.5 Å². The van der Waals surface area contributed by atoms with Crippen LogP contribution in [0.25, 0.3) is 0 Å². The molecule has 0 amide bonds. The van der Waals surface area contributed by atoms with Crippen molar-refractivity contribution in [3.8, 4) is 0 Å². The van der Waals surface area contributed by atoms with Crippen molar-refractivity contribution < 1.29 is 0 Å². The molecule has 1 saturated heterocycles. The maximum Gasteiger partial charge on any atom is 0.0642 e. The number of benzene rings is 1. The first-order chi connectivity index (χ1) is 7.81. The second kappa shape index (κ2) is 5.79. The molecule has 3 heteroatoms. The maximum atomic E-state index is 6.29. The van der Waals surface area contributed by atoms with Crippen LogP contribution in [0.2, 0.25) is 5.02 Å². The third-order valence-corrected chi connectivity index (χ3v) is 3.72. The molecule has 1 heterocycles.